The zero-order chi connectivity index (χ0) is 23.9. The van der Waals surface area contributed by atoms with Crippen molar-refractivity contribution in [2.24, 2.45) is 5.10 Å². The maximum atomic E-state index is 13.1. The van der Waals surface area contributed by atoms with Crippen molar-refractivity contribution in [3.05, 3.63) is 112 Å². The lowest BCUT2D eigenvalue weighted by molar-refractivity contribution is -0.123. The summed E-state index contributed by atoms with van der Waals surface area (Å²) in [5.74, 6) is -1.15. The summed E-state index contributed by atoms with van der Waals surface area (Å²) < 4.78 is 0. The van der Waals surface area contributed by atoms with Crippen molar-refractivity contribution in [3.63, 3.8) is 0 Å². The summed E-state index contributed by atoms with van der Waals surface area (Å²) in [5, 5.41) is 22.7. The molecule has 0 radical (unpaired) electrons. The molecular weight excluding hydrogens is 432 g/mol. The van der Waals surface area contributed by atoms with Crippen molar-refractivity contribution in [2.75, 3.05) is 0 Å². The lowest BCUT2D eigenvalue weighted by Crippen LogP contribution is -2.40. The van der Waals surface area contributed by atoms with Gasteiger partial charge in [0.15, 0.2) is 6.04 Å². The van der Waals surface area contributed by atoms with Crippen LogP contribution in [0.2, 0.25) is 0 Å². The molecule has 3 N–H and O–H groups in total. The molecule has 0 spiro atoms. The monoisotopic (exact) mass is 450 g/mol. The first-order valence-corrected chi connectivity index (χ1v) is 10.2. The molecule has 2 amide bonds. The van der Waals surface area contributed by atoms with Crippen molar-refractivity contribution >= 4 is 28.8 Å². The van der Waals surface area contributed by atoms with Gasteiger partial charge in [-0.15, -0.1) is 0 Å². The molecule has 0 unspecified atom stereocenters. The normalized spacial score (nSPS) is 11.6. The summed E-state index contributed by atoms with van der Waals surface area (Å²) in [4.78, 5) is 38.1. The fraction of sp³-hybridized carbons (Fsp3) is 0.0400. The number of fused-ring (bicyclic) bond motifs is 1. The highest BCUT2D eigenvalue weighted by Crippen LogP contribution is 2.20. The Kier molecular flexibility index (Phi) is 6.51. The summed E-state index contributed by atoms with van der Waals surface area (Å²) in [5.41, 5.74) is 3.70. The van der Waals surface area contributed by atoms with Crippen LogP contribution in [0.3, 0.4) is 0 Å². The van der Waals surface area contributed by atoms with Gasteiger partial charge in [0.2, 0.25) is 0 Å². The third-order valence-corrected chi connectivity index (χ3v) is 5.00. The van der Waals surface area contributed by atoms with Gasteiger partial charge >= 0.3 is 0 Å². The van der Waals surface area contributed by atoms with Gasteiger partial charge in [0.05, 0.1) is 23.2 Å². The Hall–Kier alpha value is -5.10. The van der Waals surface area contributed by atoms with Gasteiger partial charge in [-0.25, -0.2) is 10.5 Å². The highest BCUT2D eigenvalue weighted by atomic mass is 16.2. The molecule has 9 nitrogen and oxygen atoms in total. The van der Waals surface area contributed by atoms with Crippen LogP contribution in [0, 0.1) is 11.3 Å². The number of hydrogen-bond acceptors (Lipinski definition) is 6. The second-order valence-electron chi connectivity index (χ2n) is 7.22. The number of carbonyl (C=O) groups is 2. The second kappa shape index (κ2) is 10.0. The van der Waals surface area contributed by atoms with E-state index in [1.54, 1.807) is 78.9 Å². The largest absolute Gasteiger partial charge is 0.335 e. The molecule has 34 heavy (non-hydrogen) atoms. The predicted octanol–water partition coefficient (Wildman–Crippen LogP) is 2.42. The van der Waals surface area contributed by atoms with E-state index in [4.69, 9.17) is 5.26 Å². The maximum Gasteiger partial charge on any atom is 0.272 e. The van der Waals surface area contributed by atoms with Crippen LogP contribution in [0.5, 0.6) is 0 Å². The molecule has 0 bridgehead atoms. The number of hydrazone groups is 1. The van der Waals surface area contributed by atoms with Gasteiger partial charge in [-0.3, -0.25) is 14.4 Å². The number of nitriles is 1. The minimum absolute atomic E-state index is 0.172. The van der Waals surface area contributed by atoms with E-state index in [9.17, 15) is 14.4 Å². The topological polar surface area (TPSA) is 140 Å². The smallest absolute Gasteiger partial charge is 0.272 e. The van der Waals surface area contributed by atoms with Crippen LogP contribution in [0.25, 0.3) is 10.8 Å². The number of carbonyl (C=O) groups excluding carboxylic acids is 2. The molecule has 4 aromatic rings. The number of aromatic nitrogens is 2. The zero-order valence-electron chi connectivity index (χ0n) is 17.7. The molecule has 0 fully saturated rings. The summed E-state index contributed by atoms with van der Waals surface area (Å²) in [7, 11) is 0. The van der Waals surface area contributed by atoms with Crippen LogP contribution in [-0.2, 0) is 4.79 Å². The van der Waals surface area contributed by atoms with Gasteiger partial charge in [0.25, 0.3) is 17.4 Å². The van der Waals surface area contributed by atoms with Gasteiger partial charge in [-0.2, -0.15) is 15.5 Å². The average Bonchev–Trinajstić information content (AvgIpc) is 2.88. The Labute approximate surface area is 193 Å². The fourth-order valence-corrected chi connectivity index (χ4v) is 3.30. The first-order chi connectivity index (χ1) is 16.6. The first kappa shape index (κ1) is 22.1. The first-order valence-electron chi connectivity index (χ1n) is 10.2. The van der Waals surface area contributed by atoms with Crippen molar-refractivity contribution in [3.8, 4) is 6.07 Å². The second-order valence-corrected chi connectivity index (χ2v) is 7.22. The molecule has 4 rings (SSSR count). The van der Waals surface area contributed by atoms with E-state index in [0.29, 0.717) is 27.5 Å². The molecule has 1 heterocycles. The van der Waals surface area contributed by atoms with Crippen LogP contribution < -0.4 is 16.3 Å². The van der Waals surface area contributed by atoms with Crippen LogP contribution in [0.15, 0.2) is 88.8 Å². The van der Waals surface area contributed by atoms with E-state index in [-0.39, 0.29) is 5.69 Å². The summed E-state index contributed by atoms with van der Waals surface area (Å²) >= 11 is 0. The number of amides is 2. The average molecular weight is 450 g/mol. The Bertz CT molecular complexity index is 1470. The molecule has 0 saturated carbocycles. The van der Waals surface area contributed by atoms with Crippen LogP contribution >= 0.6 is 0 Å². The van der Waals surface area contributed by atoms with Crippen LogP contribution in [0.1, 0.15) is 33.2 Å². The van der Waals surface area contributed by atoms with E-state index in [0.717, 1.165) is 0 Å². The predicted molar refractivity (Wildman–Crippen MR) is 126 cm³/mol. The van der Waals surface area contributed by atoms with Gasteiger partial charge in [-0.05, 0) is 35.9 Å². The molecule has 166 valence electrons. The SMILES string of the molecule is N#Cc1ccc(C=NNC(=O)[C@@H](NC(=O)c2ccccc2)c2n[nH]c(=O)c3ccccc23)cc1. The Morgan fingerprint density at radius 3 is 2.35 bits per heavy atom. The van der Waals surface area contributed by atoms with E-state index < -0.39 is 23.4 Å². The molecule has 0 saturated heterocycles. The summed E-state index contributed by atoms with van der Waals surface area (Å²) in [6.07, 6.45) is 1.41. The Balaban J connectivity index is 1.65. The Morgan fingerprint density at radius 1 is 0.971 bits per heavy atom. The van der Waals surface area contributed by atoms with E-state index in [1.807, 2.05) is 6.07 Å². The van der Waals surface area contributed by atoms with Gasteiger partial charge in [0, 0.05) is 10.9 Å². The number of nitrogens with zero attached hydrogens (tertiary/aromatic N) is 3. The van der Waals surface area contributed by atoms with Crippen LogP contribution in [0.4, 0.5) is 0 Å². The maximum absolute atomic E-state index is 13.1. The van der Waals surface area contributed by atoms with Gasteiger partial charge in [0.1, 0.15) is 5.69 Å². The molecule has 0 aliphatic rings. The highest BCUT2D eigenvalue weighted by molar-refractivity contribution is 5.99. The van der Waals surface area contributed by atoms with Gasteiger partial charge in [-0.1, -0.05) is 48.5 Å². The molecule has 3 aromatic carbocycles. The van der Waals surface area contributed by atoms with E-state index in [1.165, 1.54) is 6.21 Å². The third kappa shape index (κ3) is 4.87. The molecule has 0 aliphatic carbocycles. The lowest BCUT2D eigenvalue weighted by Gasteiger charge is -2.18. The van der Waals surface area contributed by atoms with E-state index >= 15 is 0 Å². The number of rotatable bonds is 6. The molecule has 9 heteroatoms. The summed E-state index contributed by atoms with van der Waals surface area (Å²) in [6, 6.07) is 22.5. The van der Waals surface area contributed by atoms with Crippen molar-refractivity contribution < 1.29 is 9.59 Å². The Morgan fingerprint density at radius 2 is 1.65 bits per heavy atom. The van der Waals surface area contributed by atoms with Gasteiger partial charge < -0.3 is 5.32 Å². The standard InChI is InChI=1S/C25H18N6O3/c26-14-16-10-12-17(13-11-16)15-27-30-25(34)22(28-23(32)18-6-2-1-3-7-18)21-19-8-4-5-9-20(19)24(33)31-29-21/h1-13,15,22H,(H,28,32)(H,30,34)(H,31,33)/t22-/m0/s1. The van der Waals surface area contributed by atoms with Crippen molar-refractivity contribution in [1.82, 2.24) is 20.9 Å². The highest BCUT2D eigenvalue weighted by Gasteiger charge is 2.27. The number of hydrogen-bond donors (Lipinski definition) is 3. The van der Waals surface area contributed by atoms with Crippen molar-refractivity contribution in [2.45, 2.75) is 6.04 Å². The summed E-state index contributed by atoms with van der Waals surface area (Å²) in [6.45, 7) is 0. The van der Waals surface area contributed by atoms with E-state index in [2.05, 4.69) is 26.0 Å². The minimum atomic E-state index is -1.24. The molecule has 0 aliphatic heterocycles. The van der Waals surface area contributed by atoms with Crippen molar-refractivity contribution in [1.29, 1.82) is 5.26 Å². The molecular formula is C25H18N6O3. The van der Waals surface area contributed by atoms with Crippen LogP contribution in [-0.4, -0.2) is 28.2 Å². The quantitative estimate of drug-likeness (QED) is 0.306. The minimum Gasteiger partial charge on any atom is -0.335 e. The number of nitrogens with one attached hydrogen (secondary N) is 3. The lowest BCUT2D eigenvalue weighted by atomic mass is 10.0. The number of aromatic amines is 1. The zero-order valence-corrected chi connectivity index (χ0v) is 17.7. The number of benzene rings is 3. The number of H-pyrrole nitrogens is 1. The molecule has 1 aromatic heterocycles. The fourth-order valence-electron chi connectivity index (χ4n) is 3.30. The molecule has 1 atom stereocenters. The third-order valence-electron chi connectivity index (χ3n) is 5.00.